The number of hydrogen-bond acceptors (Lipinski definition) is 7. The first-order valence-corrected chi connectivity index (χ1v) is 15.6. The minimum Gasteiger partial charge on any atom is -0.483 e. The largest absolute Gasteiger partial charge is 0.483 e. The van der Waals surface area contributed by atoms with Gasteiger partial charge in [0, 0.05) is 4.75 Å². The van der Waals surface area contributed by atoms with E-state index in [0.717, 1.165) is 22.3 Å². The number of amides is 3. The maximum absolute atomic E-state index is 13.9. The van der Waals surface area contributed by atoms with Crippen LogP contribution in [0.2, 0.25) is 0 Å². The number of para-hydroxylation sites is 1. The Kier molecular flexibility index (Phi) is 11.1. The first kappa shape index (κ1) is 33.0. The zero-order chi connectivity index (χ0) is 31.9. The van der Waals surface area contributed by atoms with Gasteiger partial charge in [0.1, 0.15) is 11.8 Å². The number of aryl methyl sites for hydroxylation is 2. The van der Waals surface area contributed by atoms with Crippen LogP contribution in [0.1, 0.15) is 42.1 Å². The van der Waals surface area contributed by atoms with Gasteiger partial charge in [-0.25, -0.2) is 0 Å². The number of hydrogen-bond donors (Lipinski definition) is 4. The second-order valence-corrected chi connectivity index (χ2v) is 13.2. The fourth-order valence-corrected chi connectivity index (χ4v) is 6.59. The number of aliphatic hydroxyl groups excluding tert-OH is 2. The van der Waals surface area contributed by atoms with Gasteiger partial charge in [0.05, 0.1) is 24.6 Å². The lowest BCUT2D eigenvalue weighted by Gasteiger charge is -2.34. The minimum atomic E-state index is -1.63. The molecule has 0 bridgehead atoms. The van der Waals surface area contributed by atoms with Gasteiger partial charge in [-0.2, -0.15) is 0 Å². The zero-order valence-electron chi connectivity index (χ0n) is 25.5. The lowest BCUT2D eigenvalue weighted by atomic mass is 9.96. The van der Waals surface area contributed by atoms with Crippen LogP contribution in [-0.4, -0.2) is 74.9 Å². The van der Waals surface area contributed by atoms with Crippen molar-refractivity contribution < 1.29 is 29.3 Å². The monoisotopic (exact) mass is 619 g/mol. The Hall–Kier alpha value is -3.86. The molecular formula is C34H41N3O6S. The van der Waals surface area contributed by atoms with Crippen LogP contribution < -0.4 is 15.4 Å². The lowest BCUT2D eigenvalue weighted by Crippen LogP contribution is -2.59. The molecule has 1 heterocycles. The summed E-state index contributed by atoms with van der Waals surface area (Å²) < 4.78 is 5.14. The summed E-state index contributed by atoms with van der Waals surface area (Å²) in [7, 11) is 0. The molecule has 0 spiro atoms. The van der Waals surface area contributed by atoms with Crippen molar-refractivity contribution in [3.63, 3.8) is 0 Å². The van der Waals surface area contributed by atoms with Gasteiger partial charge in [-0.3, -0.25) is 14.4 Å². The maximum atomic E-state index is 13.9. The molecular weight excluding hydrogens is 578 g/mol. The topological polar surface area (TPSA) is 128 Å². The van der Waals surface area contributed by atoms with Gasteiger partial charge in [0.2, 0.25) is 5.91 Å². The van der Waals surface area contributed by atoms with E-state index in [0.29, 0.717) is 5.75 Å². The number of nitrogens with zero attached hydrogens (tertiary/aromatic N) is 1. The highest BCUT2D eigenvalue weighted by Gasteiger charge is 2.50. The van der Waals surface area contributed by atoms with Gasteiger partial charge < -0.3 is 30.5 Å². The van der Waals surface area contributed by atoms with E-state index >= 15 is 0 Å². The first-order chi connectivity index (χ1) is 21.0. The van der Waals surface area contributed by atoms with Gasteiger partial charge in [0.25, 0.3) is 11.8 Å². The summed E-state index contributed by atoms with van der Waals surface area (Å²) in [5.74, 6) is -0.799. The van der Waals surface area contributed by atoms with Crippen molar-refractivity contribution in [2.24, 2.45) is 0 Å². The summed E-state index contributed by atoms with van der Waals surface area (Å²) in [6, 6.07) is 21.5. The second kappa shape index (κ2) is 14.7. The molecule has 1 saturated heterocycles. The third-order valence-corrected chi connectivity index (χ3v) is 9.19. The number of thioether (sulfide) groups is 1. The van der Waals surface area contributed by atoms with E-state index in [1.165, 1.54) is 16.7 Å². The standard InChI is InChI=1S/C34H41N3O6S/c1-22-12-11-13-23(2)30(22)43-20-28(39)35-26(18-24-14-7-5-8-15-24)29(40)33(42)37-21-44-34(3,4)31(37)32(41)36-27(19-38)25-16-9-6-10-17-25/h5-17,26-27,29,31,38,40H,18-21H2,1-4H3,(H,35,39)(H,36,41)/t26-,27+,29-,31+/m0/s1. The molecule has 234 valence electrons. The fourth-order valence-electron chi connectivity index (χ4n) is 5.45. The van der Waals surface area contributed by atoms with Crippen molar-refractivity contribution in [2.75, 3.05) is 19.1 Å². The molecule has 1 fully saturated rings. The molecule has 10 heteroatoms. The van der Waals surface area contributed by atoms with Crippen molar-refractivity contribution in [1.29, 1.82) is 0 Å². The van der Waals surface area contributed by atoms with Crippen LogP contribution in [-0.2, 0) is 20.8 Å². The average Bonchev–Trinajstić information content (AvgIpc) is 3.34. The molecule has 3 aromatic carbocycles. The summed E-state index contributed by atoms with van der Waals surface area (Å²) in [5, 5.41) is 27.2. The average molecular weight is 620 g/mol. The van der Waals surface area contributed by atoms with Crippen molar-refractivity contribution in [3.8, 4) is 5.75 Å². The zero-order valence-corrected chi connectivity index (χ0v) is 26.3. The van der Waals surface area contributed by atoms with Crippen LogP contribution >= 0.6 is 11.8 Å². The number of rotatable bonds is 12. The number of carbonyl (C=O) groups is 3. The van der Waals surface area contributed by atoms with E-state index in [-0.39, 0.29) is 25.5 Å². The Morgan fingerprint density at radius 3 is 2.18 bits per heavy atom. The van der Waals surface area contributed by atoms with Crippen LogP contribution in [0.15, 0.2) is 78.9 Å². The Balaban J connectivity index is 1.52. The highest BCUT2D eigenvalue weighted by molar-refractivity contribution is 8.00. The number of nitrogens with one attached hydrogen (secondary N) is 2. The summed E-state index contributed by atoms with van der Waals surface area (Å²) in [4.78, 5) is 42.0. The molecule has 4 atom stereocenters. The predicted octanol–water partition coefficient (Wildman–Crippen LogP) is 3.30. The third-order valence-electron chi connectivity index (χ3n) is 7.81. The normalized spacial score (nSPS) is 17.8. The molecule has 4 rings (SSSR count). The van der Waals surface area contributed by atoms with Crippen molar-refractivity contribution >= 4 is 29.5 Å². The van der Waals surface area contributed by atoms with E-state index in [1.807, 2.05) is 107 Å². The summed E-state index contributed by atoms with van der Waals surface area (Å²) in [6.45, 7) is 6.91. The summed E-state index contributed by atoms with van der Waals surface area (Å²) in [5.41, 5.74) is 3.34. The molecule has 0 radical (unpaired) electrons. The van der Waals surface area contributed by atoms with E-state index in [1.54, 1.807) is 0 Å². The van der Waals surface area contributed by atoms with Crippen molar-refractivity contribution in [3.05, 3.63) is 101 Å². The van der Waals surface area contributed by atoms with E-state index in [2.05, 4.69) is 10.6 Å². The second-order valence-electron chi connectivity index (χ2n) is 11.6. The molecule has 3 amide bonds. The third kappa shape index (κ3) is 7.99. The van der Waals surface area contributed by atoms with Gasteiger partial charge >= 0.3 is 0 Å². The van der Waals surface area contributed by atoms with E-state index in [4.69, 9.17) is 4.74 Å². The van der Waals surface area contributed by atoms with Gasteiger partial charge in [-0.05, 0) is 56.4 Å². The molecule has 0 unspecified atom stereocenters. The van der Waals surface area contributed by atoms with Crippen molar-refractivity contribution in [1.82, 2.24) is 15.5 Å². The van der Waals surface area contributed by atoms with E-state index in [9.17, 15) is 24.6 Å². The molecule has 44 heavy (non-hydrogen) atoms. The van der Waals surface area contributed by atoms with Gasteiger partial charge in [-0.15, -0.1) is 11.8 Å². The quantitative estimate of drug-likeness (QED) is 0.245. The molecule has 0 aliphatic carbocycles. The number of benzene rings is 3. The van der Waals surface area contributed by atoms with Crippen LogP contribution in [0.3, 0.4) is 0 Å². The molecule has 0 saturated carbocycles. The smallest absolute Gasteiger partial charge is 0.258 e. The van der Waals surface area contributed by atoms with Gasteiger partial charge in [0.15, 0.2) is 12.7 Å². The predicted molar refractivity (Wildman–Crippen MR) is 171 cm³/mol. The minimum absolute atomic E-state index is 0.178. The first-order valence-electron chi connectivity index (χ1n) is 14.6. The van der Waals surface area contributed by atoms with Crippen LogP contribution in [0, 0.1) is 13.8 Å². The lowest BCUT2D eigenvalue weighted by molar-refractivity contribution is -0.148. The Morgan fingerprint density at radius 1 is 0.955 bits per heavy atom. The molecule has 1 aliphatic rings. The molecule has 3 aromatic rings. The van der Waals surface area contributed by atoms with Crippen LogP contribution in [0.5, 0.6) is 5.75 Å². The van der Waals surface area contributed by atoms with Crippen LogP contribution in [0.4, 0.5) is 0 Å². The Morgan fingerprint density at radius 2 is 1.57 bits per heavy atom. The Bertz CT molecular complexity index is 1420. The number of aliphatic hydroxyl groups is 2. The number of carbonyl (C=O) groups excluding carboxylic acids is 3. The summed E-state index contributed by atoms with van der Waals surface area (Å²) >= 11 is 1.42. The molecule has 0 aromatic heterocycles. The van der Waals surface area contributed by atoms with Crippen LogP contribution in [0.25, 0.3) is 0 Å². The highest BCUT2D eigenvalue weighted by atomic mass is 32.2. The SMILES string of the molecule is Cc1cccc(C)c1OCC(=O)N[C@@H](Cc1ccccc1)[C@H](O)C(=O)N1CSC(C)(C)[C@H]1C(=O)N[C@H](CO)c1ccccc1. The molecule has 1 aliphatic heterocycles. The number of ether oxygens (including phenoxy) is 1. The highest BCUT2D eigenvalue weighted by Crippen LogP contribution is 2.40. The Labute approximate surface area is 263 Å². The maximum Gasteiger partial charge on any atom is 0.258 e. The van der Waals surface area contributed by atoms with Crippen molar-refractivity contribution in [2.45, 2.75) is 63.1 Å². The molecule has 4 N–H and O–H groups in total. The summed E-state index contributed by atoms with van der Waals surface area (Å²) in [6.07, 6.45) is -1.45. The van der Waals surface area contributed by atoms with E-state index < -0.39 is 46.7 Å². The molecule has 9 nitrogen and oxygen atoms in total. The van der Waals surface area contributed by atoms with Gasteiger partial charge in [-0.1, -0.05) is 78.9 Å². The fraction of sp³-hybridized carbons (Fsp3) is 0.382.